The van der Waals surface area contributed by atoms with Crippen LogP contribution in [0.1, 0.15) is 16.9 Å². The van der Waals surface area contributed by atoms with E-state index in [1.165, 1.54) is 21.7 Å². The molecule has 0 unspecified atom stereocenters. The molecule has 0 atom stereocenters. The summed E-state index contributed by atoms with van der Waals surface area (Å²) in [7, 11) is 1.05. The molecule has 0 saturated carbocycles. The fraction of sp³-hybridized carbons (Fsp3) is 0.545. The van der Waals surface area contributed by atoms with Gasteiger partial charge in [-0.15, -0.1) is 0 Å². The van der Waals surface area contributed by atoms with Crippen LogP contribution in [0, 0.1) is 0 Å². The number of nitrogens with two attached hydrogens (primary N) is 1. The monoisotopic (exact) mass is 289 g/mol. The third-order valence-electron chi connectivity index (χ3n) is 2.72. The number of primary sulfonamides is 1. The van der Waals surface area contributed by atoms with E-state index in [0.29, 0.717) is 19.6 Å². The van der Waals surface area contributed by atoms with Gasteiger partial charge in [0.25, 0.3) is 5.91 Å². The smallest absolute Gasteiger partial charge is 0.270 e. The van der Waals surface area contributed by atoms with Crippen LogP contribution in [-0.2, 0) is 21.8 Å². The maximum absolute atomic E-state index is 12.1. The van der Waals surface area contributed by atoms with Gasteiger partial charge in [-0.1, -0.05) is 0 Å². The second-order valence-corrected chi connectivity index (χ2v) is 5.85. The Balaban J connectivity index is 2.85. The van der Waals surface area contributed by atoms with Gasteiger partial charge in [-0.25, -0.2) is 13.6 Å². The van der Waals surface area contributed by atoms with Gasteiger partial charge < -0.3 is 14.2 Å². The third kappa shape index (κ3) is 4.05. The predicted octanol–water partition coefficient (Wildman–Crippen LogP) is -0.219. The summed E-state index contributed by atoms with van der Waals surface area (Å²) in [5, 5.41) is 5.03. The van der Waals surface area contributed by atoms with Crippen molar-refractivity contribution in [1.82, 2.24) is 9.47 Å². The van der Waals surface area contributed by atoms with Crippen molar-refractivity contribution < 1.29 is 17.9 Å². The van der Waals surface area contributed by atoms with Crippen LogP contribution in [0.3, 0.4) is 0 Å². The van der Waals surface area contributed by atoms with Crippen LogP contribution in [-0.4, -0.2) is 51.1 Å². The summed E-state index contributed by atoms with van der Waals surface area (Å²) < 4.78 is 28.8. The molecule has 0 aliphatic carbocycles. The van der Waals surface area contributed by atoms with Crippen molar-refractivity contribution >= 4 is 15.9 Å². The first-order valence-corrected chi connectivity index (χ1v) is 7.25. The van der Waals surface area contributed by atoms with Crippen molar-refractivity contribution in [2.45, 2.75) is 11.3 Å². The molecule has 0 spiro atoms. The highest BCUT2D eigenvalue weighted by atomic mass is 32.2. The Labute approximate surface area is 113 Å². The summed E-state index contributed by atoms with van der Waals surface area (Å²) in [6.07, 6.45) is 2.04. The van der Waals surface area contributed by atoms with Crippen LogP contribution in [0.25, 0.3) is 0 Å². The van der Waals surface area contributed by atoms with Crippen molar-refractivity contribution in [2.75, 3.05) is 27.3 Å². The lowest BCUT2D eigenvalue weighted by molar-refractivity contribution is 0.0770. The molecule has 1 rings (SSSR count). The van der Waals surface area contributed by atoms with Gasteiger partial charge in [-0.05, 0) is 12.5 Å². The highest BCUT2D eigenvalue weighted by Gasteiger charge is 2.19. The number of methoxy groups -OCH3 is 1. The highest BCUT2D eigenvalue weighted by molar-refractivity contribution is 7.89. The molecule has 7 nitrogen and oxygen atoms in total. The van der Waals surface area contributed by atoms with Crippen molar-refractivity contribution in [3.8, 4) is 0 Å². The molecular formula is C11H19N3O4S. The number of aromatic nitrogens is 1. The predicted molar refractivity (Wildman–Crippen MR) is 70.2 cm³/mol. The van der Waals surface area contributed by atoms with Gasteiger partial charge >= 0.3 is 0 Å². The van der Waals surface area contributed by atoms with Crippen molar-refractivity contribution in [3.05, 3.63) is 18.0 Å². The molecule has 0 saturated heterocycles. The Morgan fingerprint density at radius 3 is 2.63 bits per heavy atom. The second-order valence-electron chi connectivity index (χ2n) is 4.29. The minimum absolute atomic E-state index is 0.0661. The van der Waals surface area contributed by atoms with Crippen LogP contribution < -0.4 is 5.14 Å². The number of hydrogen-bond acceptors (Lipinski definition) is 4. The Kier molecular flexibility index (Phi) is 5.10. The molecule has 1 amide bonds. The molecule has 1 aromatic heterocycles. The third-order valence-corrected chi connectivity index (χ3v) is 3.60. The van der Waals surface area contributed by atoms with E-state index in [-0.39, 0.29) is 16.5 Å². The zero-order valence-corrected chi connectivity index (χ0v) is 12.1. The lowest BCUT2D eigenvalue weighted by atomic mass is 10.3. The van der Waals surface area contributed by atoms with E-state index in [9.17, 15) is 13.2 Å². The minimum atomic E-state index is -3.80. The van der Waals surface area contributed by atoms with Crippen LogP contribution in [0.2, 0.25) is 0 Å². The first-order valence-electron chi connectivity index (χ1n) is 5.71. The quantitative estimate of drug-likeness (QED) is 0.733. The normalized spacial score (nSPS) is 11.6. The summed E-state index contributed by atoms with van der Waals surface area (Å²) in [5.41, 5.74) is 0.281. The molecule has 8 heteroatoms. The number of rotatable bonds is 6. The molecular weight excluding hydrogens is 270 g/mol. The lowest BCUT2D eigenvalue weighted by Crippen LogP contribution is -2.29. The summed E-state index contributed by atoms with van der Waals surface area (Å²) in [6.45, 7) is 1.09. The van der Waals surface area contributed by atoms with Gasteiger partial charge in [0.2, 0.25) is 10.0 Å². The van der Waals surface area contributed by atoms with Crippen LogP contribution in [0.15, 0.2) is 17.2 Å². The van der Waals surface area contributed by atoms with E-state index >= 15 is 0 Å². The van der Waals surface area contributed by atoms with E-state index in [0.717, 1.165) is 0 Å². The second kappa shape index (κ2) is 6.18. The Bertz CT molecular complexity index is 550. The number of hydrogen-bond donors (Lipinski definition) is 1. The topological polar surface area (TPSA) is 94.6 Å². The Hall–Kier alpha value is -1.38. The first-order chi connectivity index (χ1) is 8.77. The van der Waals surface area contributed by atoms with E-state index < -0.39 is 10.0 Å². The molecule has 0 aliphatic heterocycles. The fourth-order valence-corrected chi connectivity index (χ4v) is 2.23. The van der Waals surface area contributed by atoms with Crippen molar-refractivity contribution in [2.24, 2.45) is 12.2 Å². The molecule has 108 valence electrons. The largest absolute Gasteiger partial charge is 0.385 e. The van der Waals surface area contributed by atoms with Crippen LogP contribution in [0.4, 0.5) is 0 Å². The average molecular weight is 289 g/mol. The van der Waals surface area contributed by atoms with E-state index in [2.05, 4.69) is 0 Å². The van der Waals surface area contributed by atoms with Crippen molar-refractivity contribution in [1.29, 1.82) is 0 Å². The molecule has 1 heterocycles. The summed E-state index contributed by atoms with van der Waals surface area (Å²) in [6, 6.07) is 1.28. The van der Waals surface area contributed by atoms with Crippen molar-refractivity contribution in [3.63, 3.8) is 0 Å². The van der Waals surface area contributed by atoms with E-state index in [1.807, 2.05) is 0 Å². The fourth-order valence-electron chi connectivity index (χ4n) is 1.65. The number of carbonyl (C=O) groups excluding carboxylic acids is 1. The number of sulfonamides is 1. The molecule has 0 bridgehead atoms. The molecule has 0 aromatic carbocycles. The number of ether oxygens (including phenoxy) is 1. The molecule has 2 N–H and O–H groups in total. The molecule has 1 aromatic rings. The maximum atomic E-state index is 12.1. The zero-order chi connectivity index (χ0) is 14.6. The molecule has 0 radical (unpaired) electrons. The van der Waals surface area contributed by atoms with Gasteiger partial charge in [-0.2, -0.15) is 0 Å². The number of amides is 1. The SMILES string of the molecule is COCCCN(C)C(=O)c1cc(S(N)(=O)=O)cn1C. The van der Waals surface area contributed by atoms with Crippen LogP contribution >= 0.6 is 0 Å². The van der Waals surface area contributed by atoms with Gasteiger partial charge in [0.1, 0.15) is 10.6 Å². The van der Waals surface area contributed by atoms with Crippen LogP contribution in [0.5, 0.6) is 0 Å². The van der Waals surface area contributed by atoms with Gasteiger partial charge in [0.15, 0.2) is 0 Å². The van der Waals surface area contributed by atoms with Gasteiger partial charge in [0, 0.05) is 40.6 Å². The Morgan fingerprint density at radius 2 is 2.16 bits per heavy atom. The lowest BCUT2D eigenvalue weighted by Gasteiger charge is -2.17. The summed E-state index contributed by atoms with van der Waals surface area (Å²) >= 11 is 0. The highest BCUT2D eigenvalue weighted by Crippen LogP contribution is 2.13. The molecule has 0 fully saturated rings. The minimum Gasteiger partial charge on any atom is -0.385 e. The van der Waals surface area contributed by atoms with E-state index in [4.69, 9.17) is 9.88 Å². The summed E-state index contributed by atoms with van der Waals surface area (Å²) in [5.74, 6) is -0.256. The average Bonchev–Trinajstić information content (AvgIpc) is 2.70. The van der Waals surface area contributed by atoms with Gasteiger partial charge in [-0.3, -0.25) is 4.79 Å². The maximum Gasteiger partial charge on any atom is 0.270 e. The number of nitrogens with zero attached hydrogens (tertiary/aromatic N) is 2. The number of aryl methyl sites for hydroxylation is 1. The molecule has 0 aliphatic rings. The van der Waals surface area contributed by atoms with Gasteiger partial charge in [0.05, 0.1) is 0 Å². The zero-order valence-electron chi connectivity index (χ0n) is 11.3. The summed E-state index contributed by atoms with van der Waals surface area (Å²) in [4.78, 5) is 13.6. The number of carbonyl (C=O) groups is 1. The standard InChI is InChI=1S/C11H19N3O4S/c1-13(5-4-6-18-3)11(15)10-7-9(8-14(10)2)19(12,16)17/h7-8H,4-6H2,1-3H3,(H2,12,16,17). The van der Waals surface area contributed by atoms with E-state index in [1.54, 1.807) is 21.2 Å². The molecule has 19 heavy (non-hydrogen) atoms. The first kappa shape index (κ1) is 15.7. The Morgan fingerprint density at radius 1 is 1.53 bits per heavy atom.